The maximum absolute atomic E-state index is 12.2. The van der Waals surface area contributed by atoms with E-state index in [-0.39, 0.29) is 17.4 Å². The Morgan fingerprint density at radius 2 is 2.12 bits per heavy atom. The van der Waals surface area contributed by atoms with Crippen LogP contribution in [0.1, 0.15) is 33.1 Å². The molecule has 2 saturated heterocycles. The minimum Gasteiger partial charge on any atom is -0.465 e. The number of carbonyl (C=O) groups excluding carboxylic acids is 1. The van der Waals surface area contributed by atoms with Crippen LogP contribution in [0.5, 0.6) is 0 Å². The zero-order valence-corrected chi connectivity index (χ0v) is 10.5. The molecule has 2 rings (SSSR count). The van der Waals surface area contributed by atoms with Gasteiger partial charge in [-0.15, -0.1) is 0 Å². The summed E-state index contributed by atoms with van der Waals surface area (Å²) < 4.78 is 0. The summed E-state index contributed by atoms with van der Waals surface area (Å²) in [6.07, 6.45) is 1.77. The second-order valence-corrected chi connectivity index (χ2v) is 5.66. The summed E-state index contributed by atoms with van der Waals surface area (Å²) in [5.74, 6) is 0.176. The van der Waals surface area contributed by atoms with Crippen molar-refractivity contribution < 1.29 is 14.7 Å². The molecule has 0 aromatic heterocycles. The van der Waals surface area contributed by atoms with Crippen LogP contribution >= 0.6 is 0 Å². The van der Waals surface area contributed by atoms with E-state index < -0.39 is 6.09 Å². The summed E-state index contributed by atoms with van der Waals surface area (Å²) in [5, 5.41) is 8.99. The van der Waals surface area contributed by atoms with Crippen LogP contribution in [-0.4, -0.2) is 52.6 Å². The first-order valence-electron chi connectivity index (χ1n) is 6.21. The van der Waals surface area contributed by atoms with Crippen molar-refractivity contribution in [2.24, 2.45) is 5.41 Å². The minimum absolute atomic E-state index is 0.0779. The lowest BCUT2D eigenvalue weighted by atomic mass is 9.92. The van der Waals surface area contributed by atoms with E-state index in [1.807, 2.05) is 18.7 Å². The molecular formula is C12H20N2O3. The predicted molar refractivity (Wildman–Crippen MR) is 62.7 cm³/mol. The fraction of sp³-hybridized carbons (Fsp3) is 0.833. The van der Waals surface area contributed by atoms with Crippen molar-refractivity contribution >= 4 is 12.0 Å². The van der Waals surface area contributed by atoms with Crippen molar-refractivity contribution in [1.82, 2.24) is 9.80 Å². The maximum atomic E-state index is 12.2. The molecule has 2 aliphatic heterocycles. The van der Waals surface area contributed by atoms with E-state index in [9.17, 15) is 9.59 Å². The van der Waals surface area contributed by atoms with E-state index in [1.165, 1.54) is 4.90 Å². The minimum atomic E-state index is -0.874. The number of hydrogen-bond donors (Lipinski definition) is 1. The molecule has 0 radical (unpaired) electrons. The molecule has 1 atom stereocenters. The normalized spacial score (nSPS) is 28.6. The van der Waals surface area contributed by atoms with Crippen LogP contribution in [0.25, 0.3) is 0 Å². The molecule has 0 spiro atoms. The Hall–Kier alpha value is -1.26. The van der Waals surface area contributed by atoms with Crippen LogP contribution in [0, 0.1) is 5.41 Å². The third kappa shape index (κ3) is 2.23. The second-order valence-electron chi connectivity index (χ2n) is 5.66. The van der Waals surface area contributed by atoms with Gasteiger partial charge < -0.3 is 14.9 Å². The van der Waals surface area contributed by atoms with E-state index in [2.05, 4.69) is 0 Å². The van der Waals surface area contributed by atoms with Gasteiger partial charge in [0.15, 0.2) is 0 Å². The number of nitrogens with zero attached hydrogens (tertiary/aromatic N) is 2. The number of carbonyl (C=O) groups is 2. The number of piperidine rings is 1. The fourth-order valence-electron chi connectivity index (χ4n) is 2.73. The monoisotopic (exact) mass is 240 g/mol. The Morgan fingerprint density at radius 1 is 1.41 bits per heavy atom. The van der Waals surface area contributed by atoms with E-state index in [0.717, 1.165) is 25.8 Å². The van der Waals surface area contributed by atoms with Gasteiger partial charge >= 0.3 is 6.09 Å². The largest absolute Gasteiger partial charge is 0.465 e. The highest BCUT2D eigenvalue weighted by atomic mass is 16.4. The number of hydrogen-bond acceptors (Lipinski definition) is 2. The first-order chi connectivity index (χ1) is 7.92. The number of amides is 2. The third-order valence-corrected chi connectivity index (χ3v) is 3.93. The Bertz CT molecular complexity index is 341. The molecular weight excluding hydrogens is 220 g/mol. The van der Waals surface area contributed by atoms with E-state index >= 15 is 0 Å². The molecule has 0 bridgehead atoms. The van der Waals surface area contributed by atoms with Gasteiger partial charge in [0.1, 0.15) is 0 Å². The van der Waals surface area contributed by atoms with Crippen molar-refractivity contribution in [3.05, 3.63) is 0 Å². The molecule has 5 heteroatoms. The quantitative estimate of drug-likeness (QED) is 0.753. The van der Waals surface area contributed by atoms with Gasteiger partial charge in [-0.1, -0.05) is 13.8 Å². The molecule has 2 heterocycles. The average molecular weight is 240 g/mol. The highest BCUT2D eigenvalue weighted by molar-refractivity contribution is 5.84. The fourth-order valence-corrected chi connectivity index (χ4v) is 2.73. The topological polar surface area (TPSA) is 60.9 Å². The van der Waals surface area contributed by atoms with Gasteiger partial charge in [-0.3, -0.25) is 4.79 Å². The van der Waals surface area contributed by atoms with E-state index in [1.54, 1.807) is 0 Å². The zero-order chi connectivity index (χ0) is 12.6. The van der Waals surface area contributed by atoms with Crippen molar-refractivity contribution in [1.29, 1.82) is 0 Å². The van der Waals surface area contributed by atoms with Crippen molar-refractivity contribution in [3.63, 3.8) is 0 Å². The Balaban J connectivity index is 2.04. The van der Waals surface area contributed by atoms with Gasteiger partial charge in [0.2, 0.25) is 5.91 Å². The van der Waals surface area contributed by atoms with Gasteiger partial charge in [0, 0.05) is 31.1 Å². The predicted octanol–water partition coefficient (Wildman–Crippen LogP) is 1.39. The maximum Gasteiger partial charge on any atom is 0.407 e. The standard InChI is InChI=1S/C12H20N2O3/c1-12(2)5-7-14(10(12)15)9-4-3-6-13(8-9)11(16)17/h9H,3-8H2,1-2H3,(H,16,17)/t9-/m0/s1. The van der Waals surface area contributed by atoms with Crippen LogP contribution in [0.3, 0.4) is 0 Å². The van der Waals surface area contributed by atoms with Crippen molar-refractivity contribution in [3.8, 4) is 0 Å². The highest BCUT2D eigenvalue weighted by Crippen LogP contribution is 2.33. The summed E-state index contributed by atoms with van der Waals surface area (Å²) in [5.41, 5.74) is -0.272. The molecule has 1 N–H and O–H groups in total. The lowest BCUT2D eigenvalue weighted by molar-refractivity contribution is -0.137. The molecule has 17 heavy (non-hydrogen) atoms. The van der Waals surface area contributed by atoms with Crippen molar-refractivity contribution in [2.75, 3.05) is 19.6 Å². The number of carboxylic acid groups (broad SMARTS) is 1. The average Bonchev–Trinajstić information content (AvgIpc) is 2.54. The highest BCUT2D eigenvalue weighted by Gasteiger charge is 2.42. The van der Waals surface area contributed by atoms with Gasteiger partial charge in [-0.25, -0.2) is 4.79 Å². The van der Waals surface area contributed by atoms with Crippen LogP contribution in [0.2, 0.25) is 0 Å². The molecule has 0 unspecified atom stereocenters. The van der Waals surface area contributed by atoms with Crippen LogP contribution in [0.15, 0.2) is 0 Å². The Kier molecular flexibility index (Phi) is 3.02. The lowest BCUT2D eigenvalue weighted by Crippen LogP contribution is -2.50. The molecule has 2 amide bonds. The SMILES string of the molecule is CC1(C)CCN([C@H]2CCCN(C(=O)O)C2)C1=O. The summed E-state index contributed by atoms with van der Waals surface area (Å²) in [6.45, 7) is 5.76. The first kappa shape index (κ1) is 12.2. The van der Waals surface area contributed by atoms with Gasteiger partial charge in [-0.05, 0) is 19.3 Å². The third-order valence-electron chi connectivity index (χ3n) is 3.93. The van der Waals surface area contributed by atoms with Crippen LogP contribution < -0.4 is 0 Å². The summed E-state index contributed by atoms with van der Waals surface area (Å²) in [7, 11) is 0. The number of likely N-dealkylation sites (tertiary alicyclic amines) is 2. The molecule has 0 aliphatic carbocycles. The first-order valence-corrected chi connectivity index (χ1v) is 6.21. The lowest BCUT2D eigenvalue weighted by Gasteiger charge is -2.36. The molecule has 2 fully saturated rings. The molecule has 0 aromatic rings. The molecule has 0 aromatic carbocycles. The van der Waals surface area contributed by atoms with Gasteiger partial charge in [-0.2, -0.15) is 0 Å². The molecule has 0 saturated carbocycles. The van der Waals surface area contributed by atoms with Gasteiger partial charge in [0.25, 0.3) is 0 Å². The van der Waals surface area contributed by atoms with E-state index in [4.69, 9.17) is 5.11 Å². The summed E-state index contributed by atoms with van der Waals surface area (Å²) in [4.78, 5) is 26.4. The molecule has 2 aliphatic rings. The Labute approximate surface area is 101 Å². The zero-order valence-electron chi connectivity index (χ0n) is 10.5. The summed E-state index contributed by atoms with van der Waals surface area (Å²) >= 11 is 0. The van der Waals surface area contributed by atoms with Crippen LogP contribution in [-0.2, 0) is 4.79 Å². The smallest absolute Gasteiger partial charge is 0.407 e. The van der Waals surface area contributed by atoms with Crippen molar-refractivity contribution in [2.45, 2.75) is 39.2 Å². The molecule has 96 valence electrons. The summed E-state index contributed by atoms with van der Waals surface area (Å²) in [6, 6.07) is 0.0779. The van der Waals surface area contributed by atoms with E-state index in [0.29, 0.717) is 13.1 Å². The number of rotatable bonds is 1. The Morgan fingerprint density at radius 3 is 2.65 bits per heavy atom. The van der Waals surface area contributed by atoms with Crippen LogP contribution in [0.4, 0.5) is 4.79 Å². The van der Waals surface area contributed by atoms with Gasteiger partial charge in [0.05, 0.1) is 0 Å². The molecule has 5 nitrogen and oxygen atoms in total. The second kappa shape index (κ2) is 4.20.